The zero-order valence-electron chi connectivity index (χ0n) is 16.4. The molecule has 6 nitrogen and oxygen atoms in total. The molecule has 0 unspecified atom stereocenters. The van der Waals surface area contributed by atoms with E-state index in [9.17, 15) is 9.59 Å². The molecule has 2 aromatic carbocycles. The minimum Gasteiger partial charge on any atom is -0.289 e. The third-order valence-electron chi connectivity index (χ3n) is 4.75. The molecule has 150 valence electrons. The molecule has 0 atom stereocenters. The summed E-state index contributed by atoms with van der Waals surface area (Å²) < 4.78 is 1.31. The lowest BCUT2D eigenvalue weighted by Crippen LogP contribution is -2.30. The lowest BCUT2D eigenvalue weighted by molar-refractivity contribution is -0.121. The van der Waals surface area contributed by atoms with Gasteiger partial charge in [0.1, 0.15) is 11.4 Å². The Kier molecular flexibility index (Phi) is 5.81. The fourth-order valence-corrected chi connectivity index (χ4v) is 4.03. The van der Waals surface area contributed by atoms with Crippen LogP contribution in [0.2, 0.25) is 0 Å². The van der Waals surface area contributed by atoms with Crippen LogP contribution < -0.4 is 11.0 Å². The molecule has 0 aliphatic carbocycles. The van der Waals surface area contributed by atoms with Crippen LogP contribution in [0.3, 0.4) is 0 Å². The topological polar surface area (TPSA) is 76.3 Å². The summed E-state index contributed by atoms with van der Waals surface area (Å²) >= 11 is 1.42. The van der Waals surface area contributed by atoms with E-state index < -0.39 is 5.91 Å². The molecule has 0 saturated heterocycles. The average molecular weight is 417 g/mol. The molecule has 0 fully saturated rings. The Balaban J connectivity index is 1.50. The number of carbonyl (C=O) groups excluding carboxylic acids is 1. The molecule has 4 aromatic rings. The first-order valence-electron chi connectivity index (χ1n) is 9.58. The minimum atomic E-state index is -0.392. The molecule has 0 aliphatic heterocycles. The van der Waals surface area contributed by atoms with Crippen LogP contribution in [-0.2, 0) is 17.8 Å². The number of hydrogen-bond acceptors (Lipinski definition) is 5. The van der Waals surface area contributed by atoms with E-state index in [2.05, 4.69) is 22.4 Å². The van der Waals surface area contributed by atoms with Crippen molar-refractivity contribution in [3.63, 3.8) is 0 Å². The van der Waals surface area contributed by atoms with Gasteiger partial charge in [0.25, 0.3) is 11.5 Å². The summed E-state index contributed by atoms with van der Waals surface area (Å²) in [6.07, 6.45) is 3.95. The van der Waals surface area contributed by atoms with Crippen molar-refractivity contribution >= 4 is 33.7 Å². The van der Waals surface area contributed by atoms with E-state index in [1.807, 2.05) is 60.0 Å². The molecule has 7 heteroatoms. The predicted molar refractivity (Wildman–Crippen MR) is 121 cm³/mol. The van der Waals surface area contributed by atoms with Crippen molar-refractivity contribution in [2.24, 2.45) is 5.10 Å². The Hall–Kier alpha value is -3.58. The van der Waals surface area contributed by atoms with Crippen molar-refractivity contribution in [1.29, 1.82) is 0 Å². The Labute approximate surface area is 177 Å². The number of hydrazone groups is 1. The molecule has 0 bridgehead atoms. The number of aromatic nitrogens is 2. The van der Waals surface area contributed by atoms with Gasteiger partial charge in [0.2, 0.25) is 0 Å². The molecular weight excluding hydrogens is 396 g/mol. The predicted octanol–water partition coefficient (Wildman–Crippen LogP) is 3.84. The number of aryl methyl sites for hydroxylation is 1. The van der Waals surface area contributed by atoms with Crippen LogP contribution in [-0.4, -0.2) is 21.7 Å². The van der Waals surface area contributed by atoms with Crippen LogP contribution in [0.25, 0.3) is 21.3 Å². The molecule has 30 heavy (non-hydrogen) atoms. The maximum Gasteiger partial charge on any atom is 0.263 e. The van der Waals surface area contributed by atoms with Crippen LogP contribution >= 0.6 is 11.3 Å². The quantitative estimate of drug-likeness (QED) is 0.383. The van der Waals surface area contributed by atoms with Crippen LogP contribution in [0.15, 0.2) is 76.2 Å². The van der Waals surface area contributed by atoms with E-state index in [0.29, 0.717) is 10.2 Å². The fraction of sp³-hybridized carbons (Fsp3) is 0.130. The summed E-state index contributed by atoms with van der Waals surface area (Å²) in [7, 11) is 0. The smallest absolute Gasteiger partial charge is 0.263 e. The number of nitrogens with zero attached hydrogens (tertiary/aromatic N) is 3. The first-order valence-corrected chi connectivity index (χ1v) is 10.5. The van der Waals surface area contributed by atoms with E-state index >= 15 is 0 Å². The lowest BCUT2D eigenvalue weighted by Gasteiger charge is -2.05. The number of hydrogen-bond donors (Lipinski definition) is 1. The van der Waals surface area contributed by atoms with Gasteiger partial charge in [-0.1, -0.05) is 61.5 Å². The van der Waals surface area contributed by atoms with Crippen molar-refractivity contribution in [2.45, 2.75) is 19.9 Å². The van der Waals surface area contributed by atoms with Gasteiger partial charge in [-0.05, 0) is 23.1 Å². The molecule has 1 amide bonds. The fourth-order valence-electron chi connectivity index (χ4n) is 3.12. The third-order valence-corrected chi connectivity index (χ3v) is 5.64. The van der Waals surface area contributed by atoms with Crippen LogP contribution in [0.5, 0.6) is 0 Å². The largest absolute Gasteiger partial charge is 0.289 e. The maximum atomic E-state index is 13.0. The van der Waals surface area contributed by atoms with E-state index in [1.165, 1.54) is 27.8 Å². The standard InChI is InChI=1S/C23H20N4O2S/c1-2-16-8-10-17(11-9-16)12-25-26-20(28)13-27-15-24-22-21(23(27)29)19(14-30-22)18-6-4-3-5-7-18/h3-12,14-15H,2,13H2,1H3,(H,26,28)/b25-12-. The lowest BCUT2D eigenvalue weighted by atomic mass is 10.1. The molecule has 1 N–H and O–H groups in total. The van der Waals surface area contributed by atoms with Gasteiger partial charge < -0.3 is 0 Å². The summed E-state index contributed by atoms with van der Waals surface area (Å²) in [5, 5.41) is 6.43. The van der Waals surface area contributed by atoms with Gasteiger partial charge in [0.15, 0.2) is 0 Å². The third kappa shape index (κ3) is 4.21. The van der Waals surface area contributed by atoms with Crippen molar-refractivity contribution in [3.8, 4) is 11.1 Å². The average Bonchev–Trinajstić information content (AvgIpc) is 3.22. The minimum absolute atomic E-state index is 0.155. The summed E-state index contributed by atoms with van der Waals surface area (Å²) in [6, 6.07) is 17.6. The Bertz CT molecular complexity index is 1260. The highest BCUT2D eigenvalue weighted by Gasteiger charge is 2.14. The monoisotopic (exact) mass is 416 g/mol. The van der Waals surface area contributed by atoms with Gasteiger partial charge in [-0.2, -0.15) is 5.10 Å². The molecule has 0 aliphatic rings. The van der Waals surface area contributed by atoms with E-state index in [4.69, 9.17) is 0 Å². The summed E-state index contributed by atoms with van der Waals surface area (Å²) in [6.45, 7) is 1.94. The van der Waals surface area contributed by atoms with Crippen LogP contribution in [0.1, 0.15) is 18.1 Å². The summed E-state index contributed by atoms with van der Waals surface area (Å²) in [5.74, 6) is -0.392. The van der Waals surface area contributed by atoms with E-state index in [1.54, 1.807) is 6.21 Å². The van der Waals surface area contributed by atoms with Crippen molar-refractivity contribution in [2.75, 3.05) is 0 Å². The van der Waals surface area contributed by atoms with Gasteiger partial charge in [0, 0.05) is 10.9 Å². The second-order valence-corrected chi connectivity index (χ2v) is 7.62. The summed E-state index contributed by atoms with van der Waals surface area (Å²) in [4.78, 5) is 30.3. The number of benzene rings is 2. The number of thiophene rings is 1. The SMILES string of the molecule is CCc1ccc(/C=N\NC(=O)Cn2cnc3scc(-c4ccccc4)c3c2=O)cc1. The molecule has 0 spiro atoms. The Morgan fingerprint density at radius 2 is 1.93 bits per heavy atom. The van der Waals surface area contributed by atoms with Gasteiger partial charge in [-0.15, -0.1) is 11.3 Å². The van der Waals surface area contributed by atoms with Gasteiger partial charge in [0.05, 0.1) is 17.9 Å². The first kappa shape index (κ1) is 19.7. The van der Waals surface area contributed by atoms with Crippen LogP contribution in [0.4, 0.5) is 0 Å². The van der Waals surface area contributed by atoms with Gasteiger partial charge in [-0.3, -0.25) is 14.2 Å². The van der Waals surface area contributed by atoms with Gasteiger partial charge in [-0.25, -0.2) is 10.4 Å². The Morgan fingerprint density at radius 3 is 2.67 bits per heavy atom. The van der Waals surface area contributed by atoms with Gasteiger partial charge >= 0.3 is 0 Å². The summed E-state index contributed by atoms with van der Waals surface area (Å²) in [5.41, 5.74) is 6.13. The molecule has 2 aromatic heterocycles. The van der Waals surface area contributed by atoms with E-state index in [0.717, 1.165) is 23.1 Å². The van der Waals surface area contributed by atoms with Crippen molar-refractivity contribution < 1.29 is 4.79 Å². The maximum absolute atomic E-state index is 13.0. The molecule has 2 heterocycles. The molecule has 0 radical (unpaired) electrons. The number of fused-ring (bicyclic) bond motifs is 1. The first-order chi connectivity index (χ1) is 14.7. The number of amides is 1. The number of carbonyl (C=O) groups is 1. The highest BCUT2D eigenvalue weighted by molar-refractivity contribution is 7.17. The zero-order chi connectivity index (χ0) is 20.9. The highest BCUT2D eigenvalue weighted by Crippen LogP contribution is 2.30. The molecular formula is C23H20N4O2S. The van der Waals surface area contributed by atoms with Crippen molar-refractivity contribution in [3.05, 3.63) is 87.8 Å². The van der Waals surface area contributed by atoms with Crippen molar-refractivity contribution in [1.82, 2.24) is 15.0 Å². The second-order valence-electron chi connectivity index (χ2n) is 6.76. The van der Waals surface area contributed by atoms with E-state index in [-0.39, 0.29) is 12.1 Å². The second kappa shape index (κ2) is 8.84. The molecule has 4 rings (SSSR count). The normalized spacial score (nSPS) is 11.2. The Morgan fingerprint density at radius 1 is 1.17 bits per heavy atom. The molecule has 0 saturated carbocycles. The van der Waals surface area contributed by atoms with Crippen LogP contribution in [0, 0.1) is 0 Å². The number of nitrogens with one attached hydrogen (secondary N) is 1. The number of rotatable bonds is 6. The zero-order valence-corrected chi connectivity index (χ0v) is 17.2. The highest BCUT2D eigenvalue weighted by atomic mass is 32.1.